The van der Waals surface area contributed by atoms with E-state index in [9.17, 15) is 14.0 Å². The number of amides is 1. The third-order valence-corrected chi connectivity index (χ3v) is 4.01. The van der Waals surface area contributed by atoms with E-state index in [1.807, 2.05) is 20.8 Å². The molecule has 0 aromatic heterocycles. The van der Waals surface area contributed by atoms with Crippen molar-refractivity contribution in [3.05, 3.63) is 29.6 Å². The third kappa shape index (κ3) is 5.22. The molecule has 1 heterocycles. The van der Waals surface area contributed by atoms with Crippen LogP contribution in [0.5, 0.6) is 0 Å². The van der Waals surface area contributed by atoms with Crippen LogP contribution >= 0.6 is 0 Å². The highest BCUT2D eigenvalue weighted by Gasteiger charge is 2.23. The van der Waals surface area contributed by atoms with Gasteiger partial charge in [0.25, 0.3) is 0 Å². The van der Waals surface area contributed by atoms with Crippen molar-refractivity contribution in [2.75, 3.05) is 24.5 Å². The first-order valence-electron chi connectivity index (χ1n) is 8.25. The number of halogens is 1. The molecule has 1 aromatic rings. The molecule has 1 aliphatic rings. The quantitative estimate of drug-likeness (QED) is 0.857. The van der Waals surface area contributed by atoms with Gasteiger partial charge in [-0.25, -0.2) is 9.18 Å². The monoisotopic (exact) mass is 336 g/mol. The number of alkyl carbamates (subject to hydrolysis) is 1. The molecule has 0 saturated carbocycles. The van der Waals surface area contributed by atoms with Gasteiger partial charge in [0.05, 0.1) is 0 Å². The van der Waals surface area contributed by atoms with Crippen LogP contribution in [0.4, 0.5) is 14.9 Å². The summed E-state index contributed by atoms with van der Waals surface area (Å²) in [7, 11) is 0. The van der Waals surface area contributed by atoms with E-state index in [-0.39, 0.29) is 0 Å². The Hall–Kier alpha value is -2.11. The lowest BCUT2D eigenvalue weighted by Gasteiger charge is -2.34. The zero-order valence-corrected chi connectivity index (χ0v) is 14.5. The van der Waals surface area contributed by atoms with Crippen LogP contribution in [-0.2, 0) is 4.74 Å². The van der Waals surface area contributed by atoms with E-state index in [0.29, 0.717) is 24.3 Å². The molecular formula is C18H25FN2O3. The molecule has 1 aliphatic heterocycles. The Morgan fingerprint density at radius 2 is 2.04 bits per heavy atom. The molecule has 0 spiro atoms. The predicted octanol–water partition coefficient (Wildman–Crippen LogP) is 3.38. The number of rotatable bonds is 4. The molecule has 24 heavy (non-hydrogen) atoms. The number of nitrogens with one attached hydrogen (secondary N) is 1. The first kappa shape index (κ1) is 18.2. The van der Waals surface area contributed by atoms with Gasteiger partial charge in [0, 0.05) is 30.9 Å². The average Bonchev–Trinajstić information content (AvgIpc) is 2.52. The maximum absolute atomic E-state index is 13.2. The SMILES string of the molecule is CC(C)(C)OC(=O)NCC1CCN(c2ccc(F)cc2C=O)CC1. The highest BCUT2D eigenvalue weighted by atomic mass is 19.1. The lowest BCUT2D eigenvalue weighted by Crippen LogP contribution is -2.40. The minimum absolute atomic E-state index is 0.369. The molecule has 1 saturated heterocycles. The normalized spacial score (nSPS) is 15.9. The minimum atomic E-state index is -0.499. The van der Waals surface area contributed by atoms with Crippen molar-refractivity contribution in [3.63, 3.8) is 0 Å². The highest BCUT2D eigenvalue weighted by molar-refractivity contribution is 5.84. The second-order valence-corrected chi connectivity index (χ2v) is 7.13. The molecule has 0 bridgehead atoms. The van der Waals surface area contributed by atoms with Crippen LogP contribution in [0.3, 0.4) is 0 Å². The standard InChI is InChI=1S/C18H25FN2O3/c1-18(2,3)24-17(23)20-11-13-6-8-21(9-7-13)16-5-4-15(19)10-14(16)12-22/h4-5,10,12-13H,6-9,11H2,1-3H3,(H,20,23). The Kier molecular flexibility index (Phi) is 5.80. The zero-order valence-electron chi connectivity index (χ0n) is 14.5. The average molecular weight is 336 g/mol. The topological polar surface area (TPSA) is 58.6 Å². The Morgan fingerprint density at radius 3 is 2.62 bits per heavy atom. The van der Waals surface area contributed by atoms with Gasteiger partial charge in [0.1, 0.15) is 11.4 Å². The molecule has 132 valence electrons. The maximum Gasteiger partial charge on any atom is 0.407 e. The van der Waals surface area contributed by atoms with E-state index < -0.39 is 17.5 Å². The number of carbonyl (C=O) groups is 2. The summed E-state index contributed by atoms with van der Waals surface area (Å²) in [6, 6.07) is 4.29. The van der Waals surface area contributed by atoms with Crippen molar-refractivity contribution in [2.24, 2.45) is 5.92 Å². The van der Waals surface area contributed by atoms with E-state index in [4.69, 9.17) is 4.74 Å². The minimum Gasteiger partial charge on any atom is -0.444 e. The number of nitrogens with zero attached hydrogens (tertiary/aromatic N) is 1. The van der Waals surface area contributed by atoms with Crippen LogP contribution in [0.2, 0.25) is 0 Å². The van der Waals surface area contributed by atoms with E-state index >= 15 is 0 Å². The van der Waals surface area contributed by atoms with Crippen molar-refractivity contribution < 1.29 is 18.7 Å². The fraction of sp³-hybridized carbons (Fsp3) is 0.556. The van der Waals surface area contributed by atoms with Crippen LogP contribution in [0, 0.1) is 11.7 Å². The Bertz CT molecular complexity index is 590. The Labute approximate surface area is 142 Å². The molecular weight excluding hydrogens is 311 g/mol. The van der Waals surface area contributed by atoms with Crippen molar-refractivity contribution in [1.82, 2.24) is 5.32 Å². The summed E-state index contributed by atoms with van der Waals surface area (Å²) in [5.74, 6) is -0.0359. The van der Waals surface area contributed by atoms with E-state index in [2.05, 4.69) is 10.2 Å². The van der Waals surface area contributed by atoms with Crippen LogP contribution in [0.1, 0.15) is 44.0 Å². The molecule has 2 rings (SSSR count). The van der Waals surface area contributed by atoms with E-state index in [1.165, 1.54) is 12.1 Å². The lowest BCUT2D eigenvalue weighted by molar-refractivity contribution is 0.0516. The lowest BCUT2D eigenvalue weighted by atomic mass is 9.96. The second-order valence-electron chi connectivity index (χ2n) is 7.13. The molecule has 1 N–H and O–H groups in total. The molecule has 6 heteroatoms. The largest absolute Gasteiger partial charge is 0.444 e. The Balaban J connectivity index is 1.84. The molecule has 0 unspecified atom stereocenters. The summed E-state index contributed by atoms with van der Waals surface area (Å²) in [5, 5.41) is 2.81. The fourth-order valence-corrected chi connectivity index (χ4v) is 2.83. The number of carbonyl (C=O) groups excluding carboxylic acids is 2. The molecule has 1 aromatic carbocycles. The van der Waals surface area contributed by atoms with Crippen LogP contribution in [-0.4, -0.2) is 37.6 Å². The van der Waals surface area contributed by atoms with Crippen LogP contribution in [0.15, 0.2) is 18.2 Å². The zero-order chi connectivity index (χ0) is 17.7. The van der Waals surface area contributed by atoms with Crippen molar-refractivity contribution >= 4 is 18.1 Å². The number of hydrogen-bond donors (Lipinski definition) is 1. The molecule has 0 atom stereocenters. The van der Waals surface area contributed by atoms with Crippen molar-refractivity contribution in [2.45, 2.75) is 39.2 Å². The summed E-state index contributed by atoms with van der Waals surface area (Å²) < 4.78 is 18.5. The smallest absolute Gasteiger partial charge is 0.407 e. The fourth-order valence-electron chi connectivity index (χ4n) is 2.83. The summed E-state index contributed by atoms with van der Waals surface area (Å²) in [4.78, 5) is 24.9. The second kappa shape index (κ2) is 7.64. The van der Waals surface area contributed by atoms with Crippen LogP contribution < -0.4 is 10.2 Å². The first-order valence-corrected chi connectivity index (χ1v) is 8.25. The van der Waals surface area contributed by atoms with Gasteiger partial charge < -0.3 is 15.0 Å². The van der Waals surface area contributed by atoms with Gasteiger partial charge in [-0.3, -0.25) is 4.79 Å². The van der Waals surface area contributed by atoms with E-state index in [1.54, 1.807) is 6.07 Å². The number of anilines is 1. The van der Waals surface area contributed by atoms with E-state index in [0.717, 1.165) is 31.6 Å². The third-order valence-electron chi connectivity index (χ3n) is 4.01. The van der Waals surface area contributed by atoms with Gasteiger partial charge in [-0.2, -0.15) is 0 Å². The molecule has 0 radical (unpaired) electrons. The maximum atomic E-state index is 13.2. The van der Waals surface area contributed by atoms with Gasteiger partial charge in [0.15, 0.2) is 6.29 Å². The number of benzene rings is 1. The van der Waals surface area contributed by atoms with Crippen molar-refractivity contribution in [1.29, 1.82) is 0 Å². The number of ether oxygens (including phenoxy) is 1. The molecule has 1 fully saturated rings. The van der Waals surface area contributed by atoms with Gasteiger partial charge in [-0.1, -0.05) is 0 Å². The van der Waals surface area contributed by atoms with Crippen molar-refractivity contribution in [3.8, 4) is 0 Å². The molecule has 0 aliphatic carbocycles. The Morgan fingerprint density at radius 1 is 1.38 bits per heavy atom. The molecule has 1 amide bonds. The number of piperidine rings is 1. The number of aldehydes is 1. The summed E-state index contributed by atoms with van der Waals surface area (Å²) in [6.07, 6.45) is 2.08. The van der Waals surface area contributed by atoms with Gasteiger partial charge in [-0.15, -0.1) is 0 Å². The first-order chi connectivity index (χ1) is 11.3. The van der Waals surface area contributed by atoms with Gasteiger partial charge >= 0.3 is 6.09 Å². The highest BCUT2D eigenvalue weighted by Crippen LogP contribution is 2.26. The van der Waals surface area contributed by atoms with Crippen LogP contribution in [0.25, 0.3) is 0 Å². The number of hydrogen-bond acceptors (Lipinski definition) is 4. The molecule has 5 nitrogen and oxygen atoms in total. The summed E-state index contributed by atoms with van der Waals surface area (Å²) >= 11 is 0. The van der Waals surface area contributed by atoms with Gasteiger partial charge in [0.2, 0.25) is 0 Å². The summed E-state index contributed by atoms with van der Waals surface area (Å²) in [6.45, 7) is 7.61. The predicted molar refractivity (Wildman–Crippen MR) is 91.0 cm³/mol. The van der Waals surface area contributed by atoms with Gasteiger partial charge in [-0.05, 0) is 57.7 Å². The summed E-state index contributed by atoms with van der Waals surface area (Å²) in [5.41, 5.74) is 0.645.